The number of benzene rings is 4. The van der Waals surface area contributed by atoms with Gasteiger partial charge in [-0.1, -0.05) is 61.9 Å². The third-order valence-corrected chi connectivity index (χ3v) is 7.81. The molecule has 0 aliphatic carbocycles. The maximum absolute atomic E-state index is 13.7. The summed E-state index contributed by atoms with van der Waals surface area (Å²) in [6.45, 7) is 2.26. The second-order valence-electron chi connectivity index (χ2n) is 10.9. The molecule has 6 amide bonds. The highest BCUT2D eigenvalue weighted by atomic mass is 19.1. The number of nitrogens with one attached hydrogen (secondary N) is 3. The van der Waals surface area contributed by atoms with Crippen LogP contribution in [0.3, 0.4) is 0 Å². The summed E-state index contributed by atoms with van der Waals surface area (Å²) in [6.07, 6.45) is 0.983. The van der Waals surface area contributed by atoms with E-state index in [-0.39, 0.29) is 54.2 Å². The van der Waals surface area contributed by atoms with Crippen LogP contribution >= 0.6 is 0 Å². The minimum Gasteiger partial charge on any atom is -0.352 e. The van der Waals surface area contributed by atoms with Gasteiger partial charge in [0.1, 0.15) is 11.9 Å². The van der Waals surface area contributed by atoms with Crippen molar-refractivity contribution in [1.29, 1.82) is 0 Å². The van der Waals surface area contributed by atoms with Gasteiger partial charge < -0.3 is 10.6 Å². The van der Waals surface area contributed by atoms with E-state index in [1.165, 1.54) is 30.3 Å². The van der Waals surface area contributed by atoms with E-state index in [1.807, 2.05) is 41.7 Å². The summed E-state index contributed by atoms with van der Waals surface area (Å²) >= 11 is 0. The number of carbonyl (C=O) groups excluding carboxylic acids is 6. The lowest BCUT2D eigenvalue weighted by Crippen LogP contribution is -2.49. The third-order valence-electron chi connectivity index (χ3n) is 7.81. The molecule has 0 spiro atoms. The Balaban J connectivity index is 1.16. The molecule has 0 aromatic heterocycles. The Morgan fingerprint density at radius 2 is 1.54 bits per heavy atom. The number of hydrogen-bond acceptors (Lipinski definition) is 6. The zero-order valence-electron chi connectivity index (χ0n) is 25.0. The number of hydrogen-bond donors (Lipinski definition) is 3. The van der Waals surface area contributed by atoms with Crippen molar-refractivity contribution in [2.45, 2.75) is 45.3 Å². The maximum atomic E-state index is 13.7. The number of halogens is 1. The van der Waals surface area contributed by atoms with Crippen LogP contribution in [0.25, 0.3) is 10.8 Å². The van der Waals surface area contributed by atoms with Gasteiger partial charge in [0.25, 0.3) is 17.7 Å². The van der Waals surface area contributed by atoms with E-state index >= 15 is 0 Å². The Labute approximate surface area is 264 Å². The lowest BCUT2D eigenvalue weighted by atomic mass is 10.0. The molecule has 11 heteroatoms. The van der Waals surface area contributed by atoms with Crippen LogP contribution in [0, 0.1) is 5.82 Å². The molecule has 0 bridgehead atoms. The predicted molar refractivity (Wildman–Crippen MR) is 167 cm³/mol. The Morgan fingerprint density at radius 1 is 0.848 bits per heavy atom. The minimum absolute atomic E-state index is 0.0108. The molecule has 0 saturated heterocycles. The van der Waals surface area contributed by atoms with Gasteiger partial charge in [0.05, 0.1) is 17.5 Å². The Morgan fingerprint density at radius 3 is 2.24 bits per heavy atom. The summed E-state index contributed by atoms with van der Waals surface area (Å²) in [5, 5.41) is 9.24. The van der Waals surface area contributed by atoms with Crippen LogP contribution < -0.4 is 16.0 Å². The fraction of sp³-hybridized carbons (Fsp3) is 0.200. The number of imide groups is 2. The molecule has 1 unspecified atom stereocenters. The van der Waals surface area contributed by atoms with Crippen LogP contribution in [0.2, 0.25) is 0 Å². The van der Waals surface area contributed by atoms with E-state index in [0.29, 0.717) is 18.4 Å². The van der Waals surface area contributed by atoms with Crippen LogP contribution in [0.15, 0.2) is 78.9 Å². The third kappa shape index (κ3) is 6.83. The summed E-state index contributed by atoms with van der Waals surface area (Å²) in [5.41, 5.74) is 2.64. The first-order valence-electron chi connectivity index (χ1n) is 14.8. The molecule has 4 aromatic carbocycles. The van der Waals surface area contributed by atoms with Gasteiger partial charge in [0, 0.05) is 18.7 Å². The normalized spacial score (nSPS) is 12.9. The number of carbonyl (C=O) groups is 6. The van der Waals surface area contributed by atoms with Gasteiger partial charge in [0.2, 0.25) is 18.2 Å². The van der Waals surface area contributed by atoms with E-state index in [4.69, 9.17) is 0 Å². The van der Waals surface area contributed by atoms with Crippen LogP contribution in [0.1, 0.15) is 67.5 Å². The quantitative estimate of drug-likeness (QED) is 0.162. The van der Waals surface area contributed by atoms with Crippen molar-refractivity contribution >= 4 is 46.7 Å². The zero-order valence-corrected chi connectivity index (χ0v) is 25.0. The summed E-state index contributed by atoms with van der Waals surface area (Å²) in [4.78, 5) is 75.6. The Hall–Kier alpha value is -5.71. The molecule has 5 rings (SSSR count). The fourth-order valence-corrected chi connectivity index (χ4v) is 5.45. The zero-order chi connectivity index (χ0) is 32.8. The van der Waals surface area contributed by atoms with Gasteiger partial charge in [-0.3, -0.25) is 39.0 Å². The molecule has 0 radical (unpaired) electrons. The van der Waals surface area contributed by atoms with Crippen LogP contribution in [0.4, 0.5) is 4.39 Å². The summed E-state index contributed by atoms with van der Waals surface area (Å²) < 4.78 is 13.7. The highest BCUT2D eigenvalue weighted by molar-refractivity contribution is 6.23. The Kier molecular flexibility index (Phi) is 9.61. The molecular formula is C35H31FN4O6. The number of nitrogens with zero attached hydrogens (tertiary/aromatic N) is 1. The standard InChI is InChI=1S/C35H31FN4O6/c1-2-4-30(33(44)39-20-41)40-34(45)27-14-12-25(15-29(27)35(40)46)32(43)38-19-22-9-7-21(8-10-22)18-37-31(42)16-24-6-3-5-23-11-13-26(36)17-28(23)24/h3,5-15,17,20,30H,2,4,16,18-19H2,1H3,(H,37,42)(H,38,43)(H,39,41,44). The molecule has 234 valence electrons. The molecule has 1 heterocycles. The van der Waals surface area contributed by atoms with E-state index in [1.54, 1.807) is 19.1 Å². The van der Waals surface area contributed by atoms with E-state index in [2.05, 4.69) is 10.6 Å². The number of rotatable bonds is 12. The molecule has 0 saturated carbocycles. The first kappa shape index (κ1) is 31.7. The van der Waals surface area contributed by atoms with Crippen molar-refractivity contribution in [3.63, 3.8) is 0 Å². The second kappa shape index (κ2) is 13.9. The van der Waals surface area contributed by atoms with Crippen molar-refractivity contribution in [2.24, 2.45) is 0 Å². The molecular weight excluding hydrogens is 591 g/mol. The topological polar surface area (TPSA) is 142 Å². The van der Waals surface area contributed by atoms with E-state index in [0.717, 1.165) is 27.0 Å². The van der Waals surface area contributed by atoms with Crippen molar-refractivity contribution in [3.8, 4) is 0 Å². The van der Waals surface area contributed by atoms with Crippen molar-refractivity contribution in [1.82, 2.24) is 20.9 Å². The minimum atomic E-state index is -1.15. The largest absolute Gasteiger partial charge is 0.352 e. The van der Waals surface area contributed by atoms with Crippen LogP contribution in [-0.4, -0.2) is 46.9 Å². The summed E-state index contributed by atoms with van der Waals surface area (Å²) in [6, 6.07) is 20.3. The summed E-state index contributed by atoms with van der Waals surface area (Å²) in [5.74, 6) is -3.14. The Bertz CT molecular complexity index is 1860. The van der Waals surface area contributed by atoms with Crippen LogP contribution in [0.5, 0.6) is 0 Å². The van der Waals surface area contributed by atoms with Gasteiger partial charge in [0.15, 0.2) is 0 Å². The van der Waals surface area contributed by atoms with Gasteiger partial charge in [-0.15, -0.1) is 0 Å². The van der Waals surface area contributed by atoms with Gasteiger partial charge in [-0.25, -0.2) is 4.39 Å². The summed E-state index contributed by atoms with van der Waals surface area (Å²) in [7, 11) is 0. The molecule has 1 atom stereocenters. The highest BCUT2D eigenvalue weighted by Gasteiger charge is 2.42. The lowest BCUT2D eigenvalue weighted by Gasteiger charge is -2.23. The number of fused-ring (bicyclic) bond motifs is 2. The average Bonchev–Trinajstić information content (AvgIpc) is 3.30. The van der Waals surface area contributed by atoms with Gasteiger partial charge >= 0.3 is 0 Å². The van der Waals surface area contributed by atoms with Crippen LogP contribution in [-0.2, 0) is 33.9 Å². The van der Waals surface area contributed by atoms with Crippen molar-refractivity contribution in [2.75, 3.05) is 0 Å². The average molecular weight is 623 g/mol. The molecule has 4 aromatic rings. The van der Waals surface area contributed by atoms with Crippen molar-refractivity contribution in [3.05, 3.63) is 118 Å². The lowest BCUT2D eigenvalue weighted by molar-refractivity contribution is -0.128. The molecule has 46 heavy (non-hydrogen) atoms. The highest BCUT2D eigenvalue weighted by Crippen LogP contribution is 2.27. The molecule has 3 N–H and O–H groups in total. The molecule has 1 aliphatic heterocycles. The van der Waals surface area contributed by atoms with E-state index < -0.39 is 29.7 Å². The second-order valence-corrected chi connectivity index (χ2v) is 10.9. The predicted octanol–water partition coefficient (Wildman–Crippen LogP) is 3.81. The number of amides is 6. The van der Waals surface area contributed by atoms with Crippen molar-refractivity contribution < 1.29 is 33.2 Å². The first-order chi connectivity index (χ1) is 22.2. The monoisotopic (exact) mass is 622 g/mol. The van der Waals surface area contributed by atoms with Gasteiger partial charge in [-0.05, 0) is 64.2 Å². The first-order valence-corrected chi connectivity index (χ1v) is 14.8. The van der Waals surface area contributed by atoms with E-state index in [9.17, 15) is 33.2 Å². The molecule has 1 aliphatic rings. The van der Waals surface area contributed by atoms with Gasteiger partial charge in [-0.2, -0.15) is 0 Å². The SMILES string of the molecule is CCCC(C(=O)NC=O)N1C(=O)c2ccc(C(=O)NCc3ccc(CNC(=O)Cc4cccc5ccc(F)cc45)cc3)cc2C1=O. The maximum Gasteiger partial charge on any atom is 0.262 e. The fourth-order valence-electron chi connectivity index (χ4n) is 5.45. The molecule has 0 fully saturated rings. The smallest absolute Gasteiger partial charge is 0.262 e. The molecule has 10 nitrogen and oxygen atoms in total.